The van der Waals surface area contributed by atoms with Gasteiger partial charge in [0.1, 0.15) is 6.61 Å². The summed E-state index contributed by atoms with van der Waals surface area (Å²) in [5, 5.41) is 3.12. The molecule has 0 bridgehead atoms. The van der Waals surface area contributed by atoms with Crippen LogP contribution in [0.5, 0.6) is 11.5 Å². The summed E-state index contributed by atoms with van der Waals surface area (Å²) in [5.41, 5.74) is 4.14. The second-order valence-electron chi connectivity index (χ2n) is 9.89. The van der Waals surface area contributed by atoms with Gasteiger partial charge in [-0.25, -0.2) is 4.79 Å². The number of hydrogen-bond donors (Lipinski definition) is 1. The highest BCUT2D eigenvalue weighted by molar-refractivity contribution is 5.89. The van der Waals surface area contributed by atoms with Crippen LogP contribution in [0.3, 0.4) is 0 Å². The van der Waals surface area contributed by atoms with Crippen molar-refractivity contribution in [3.8, 4) is 11.5 Å². The third-order valence-corrected chi connectivity index (χ3v) is 7.22. The lowest BCUT2D eigenvalue weighted by molar-refractivity contribution is 0.180. The number of aryl methyl sites for hydroxylation is 1. The molecule has 2 amide bonds. The lowest BCUT2D eigenvalue weighted by Crippen LogP contribution is -2.41. The standard InChI is InChI=1S/C33H45N3O3/c1-6-27-16-19-30(20-17-27)34-33(37)36(26(4)13-12-22-35(7-2)8-3)24-29-18-21-31(32(23-29)38-5)39-25-28-14-10-9-11-15-28/h9-11,14-21,23,26H,6-8,12-13,22,24-25H2,1-5H3,(H,34,37). The Labute approximate surface area is 234 Å². The second kappa shape index (κ2) is 15.8. The molecule has 0 aromatic heterocycles. The number of rotatable bonds is 15. The number of nitrogens with one attached hydrogen (secondary N) is 1. The second-order valence-corrected chi connectivity index (χ2v) is 9.89. The van der Waals surface area contributed by atoms with Crippen LogP contribution < -0.4 is 14.8 Å². The Balaban J connectivity index is 1.74. The average molecular weight is 532 g/mol. The molecule has 0 aliphatic heterocycles. The summed E-state index contributed by atoms with van der Waals surface area (Å²) in [5.74, 6) is 1.34. The van der Waals surface area contributed by atoms with Crippen molar-refractivity contribution in [2.75, 3.05) is 32.1 Å². The summed E-state index contributed by atoms with van der Waals surface area (Å²) in [7, 11) is 1.65. The number of carbonyl (C=O) groups excluding carboxylic acids is 1. The highest BCUT2D eigenvalue weighted by Crippen LogP contribution is 2.30. The van der Waals surface area contributed by atoms with E-state index in [9.17, 15) is 4.79 Å². The third-order valence-electron chi connectivity index (χ3n) is 7.22. The number of anilines is 1. The fourth-order valence-electron chi connectivity index (χ4n) is 4.61. The summed E-state index contributed by atoms with van der Waals surface area (Å²) >= 11 is 0. The van der Waals surface area contributed by atoms with E-state index < -0.39 is 0 Å². The van der Waals surface area contributed by atoms with Crippen LogP contribution >= 0.6 is 0 Å². The molecule has 1 unspecified atom stereocenters. The third kappa shape index (κ3) is 9.32. The van der Waals surface area contributed by atoms with Crippen LogP contribution in [0.25, 0.3) is 0 Å². The van der Waals surface area contributed by atoms with Crippen LogP contribution in [-0.4, -0.2) is 48.6 Å². The quantitative estimate of drug-likeness (QED) is 0.222. The number of methoxy groups -OCH3 is 1. The van der Waals surface area contributed by atoms with Gasteiger partial charge >= 0.3 is 6.03 Å². The first-order valence-corrected chi connectivity index (χ1v) is 14.2. The molecule has 0 saturated carbocycles. The van der Waals surface area contributed by atoms with Crippen LogP contribution in [0.1, 0.15) is 57.2 Å². The van der Waals surface area contributed by atoms with Gasteiger partial charge in [-0.2, -0.15) is 0 Å². The molecule has 0 aliphatic carbocycles. The molecule has 3 aromatic carbocycles. The molecule has 3 rings (SSSR count). The molecule has 0 saturated heterocycles. The number of ether oxygens (including phenoxy) is 2. The number of carbonyl (C=O) groups is 1. The monoisotopic (exact) mass is 531 g/mol. The van der Waals surface area contributed by atoms with E-state index in [0.717, 1.165) is 55.7 Å². The molecule has 0 fully saturated rings. The fourth-order valence-corrected chi connectivity index (χ4v) is 4.61. The minimum Gasteiger partial charge on any atom is -0.493 e. The molecule has 6 nitrogen and oxygen atoms in total. The van der Waals surface area contributed by atoms with Crippen molar-refractivity contribution in [3.63, 3.8) is 0 Å². The summed E-state index contributed by atoms with van der Waals surface area (Å²) in [6.07, 6.45) is 2.93. The highest BCUT2D eigenvalue weighted by atomic mass is 16.5. The van der Waals surface area contributed by atoms with Crippen molar-refractivity contribution in [3.05, 3.63) is 89.5 Å². The van der Waals surface area contributed by atoms with Gasteiger partial charge in [0.05, 0.1) is 7.11 Å². The zero-order valence-electron chi connectivity index (χ0n) is 24.3. The molecule has 39 heavy (non-hydrogen) atoms. The van der Waals surface area contributed by atoms with Crippen molar-refractivity contribution in [1.82, 2.24) is 9.80 Å². The van der Waals surface area contributed by atoms with E-state index in [4.69, 9.17) is 9.47 Å². The molecule has 0 heterocycles. The Morgan fingerprint density at radius 3 is 2.21 bits per heavy atom. The zero-order valence-corrected chi connectivity index (χ0v) is 24.3. The first kappa shape index (κ1) is 30.0. The van der Waals surface area contributed by atoms with Crippen molar-refractivity contribution in [2.24, 2.45) is 0 Å². The summed E-state index contributed by atoms with van der Waals surface area (Å²) in [6, 6.07) is 24.0. The van der Waals surface area contributed by atoms with E-state index in [-0.39, 0.29) is 12.1 Å². The number of hydrogen-bond acceptors (Lipinski definition) is 4. The van der Waals surface area contributed by atoms with Gasteiger partial charge in [-0.15, -0.1) is 0 Å². The molecule has 1 atom stereocenters. The summed E-state index contributed by atoms with van der Waals surface area (Å²) < 4.78 is 11.7. The largest absolute Gasteiger partial charge is 0.493 e. The maximum absolute atomic E-state index is 13.6. The van der Waals surface area contributed by atoms with E-state index in [1.54, 1.807) is 7.11 Å². The van der Waals surface area contributed by atoms with E-state index in [1.807, 2.05) is 65.6 Å². The van der Waals surface area contributed by atoms with E-state index in [1.165, 1.54) is 5.56 Å². The van der Waals surface area contributed by atoms with Gasteiger partial charge in [0.15, 0.2) is 11.5 Å². The Hall–Kier alpha value is -3.51. The number of amides is 2. The number of nitrogens with zero attached hydrogens (tertiary/aromatic N) is 2. The van der Waals surface area contributed by atoms with Crippen molar-refractivity contribution in [2.45, 2.75) is 66.2 Å². The lowest BCUT2D eigenvalue weighted by Gasteiger charge is -2.30. The maximum Gasteiger partial charge on any atom is 0.322 e. The Morgan fingerprint density at radius 1 is 0.872 bits per heavy atom. The van der Waals surface area contributed by atoms with Gasteiger partial charge in [0, 0.05) is 18.3 Å². The van der Waals surface area contributed by atoms with Crippen LogP contribution in [0.15, 0.2) is 72.8 Å². The van der Waals surface area contributed by atoms with E-state index in [2.05, 4.69) is 50.0 Å². The first-order valence-electron chi connectivity index (χ1n) is 14.2. The normalized spacial score (nSPS) is 11.7. The number of urea groups is 1. The van der Waals surface area contributed by atoms with Crippen LogP contribution in [0, 0.1) is 0 Å². The summed E-state index contributed by atoms with van der Waals surface area (Å²) in [6.45, 7) is 12.7. The molecule has 3 aromatic rings. The Morgan fingerprint density at radius 2 is 1.56 bits per heavy atom. The van der Waals surface area contributed by atoms with Crippen LogP contribution in [0.4, 0.5) is 10.5 Å². The highest BCUT2D eigenvalue weighted by Gasteiger charge is 2.22. The van der Waals surface area contributed by atoms with Gasteiger partial charge in [-0.1, -0.05) is 69.3 Å². The summed E-state index contributed by atoms with van der Waals surface area (Å²) in [4.78, 5) is 17.9. The molecule has 0 radical (unpaired) electrons. The van der Waals surface area contributed by atoms with Crippen LogP contribution in [0.2, 0.25) is 0 Å². The van der Waals surface area contributed by atoms with Gasteiger partial charge in [0.25, 0.3) is 0 Å². The minimum atomic E-state index is -0.0991. The molecule has 6 heteroatoms. The first-order chi connectivity index (χ1) is 19.0. The lowest BCUT2D eigenvalue weighted by atomic mass is 10.1. The molecule has 1 N–H and O–H groups in total. The van der Waals surface area contributed by atoms with E-state index >= 15 is 0 Å². The van der Waals surface area contributed by atoms with Gasteiger partial charge in [0.2, 0.25) is 0 Å². The van der Waals surface area contributed by atoms with Gasteiger partial charge < -0.3 is 24.6 Å². The Bertz CT molecular complexity index is 1130. The minimum absolute atomic E-state index is 0.0653. The van der Waals surface area contributed by atoms with E-state index in [0.29, 0.717) is 24.7 Å². The van der Waals surface area contributed by atoms with Gasteiger partial charge in [-0.3, -0.25) is 0 Å². The smallest absolute Gasteiger partial charge is 0.322 e. The topological polar surface area (TPSA) is 54.0 Å². The van der Waals surface area contributed by atoms with Crippen molar-refractivity contribution < 1.29 is 14.3 Å². The van der Waals surface area contributed by atoms with Crippen LogP contribution in [-0.2, 0) is 19.6 Å². The number of benzene rings is 3. The maximum atomic E-state index is 13.6. The van der Waals surface area contributed by atoms with Crippen molar-refractivity contribution >= 4 is 11.7 Å². The Kier molecular flexibility index (Phi) is 12.2. The zero-order chi connectivity index (χ0) is 28.0. The molecule has 210 valence electrons. The van der Waals surface area contributed by atoms with Gasteiger partial charge in [-0.05, 0) is 86.8 Å². The fraction of sp³-hybridized carbons (Fsp3) is 0.424. The molecular formula is C33H45N3O3. The van der Waals surface area contributed by atoms with Crippen molar-refractivity contribution in [1.29, 1.82) is 0 Å². The predicted molar refractivity (Wildman–Crippen MR) is 161 cm³/mol. The SMILES string of the molecule is CCc1ccc(NC(=O)N(Cc2ccc(OCc3ccccc3)c(OC)c2)C(C)CCCN(CC)CC)cc1. The average Bonchev–Trinajstić information content (AvgIpc) is 2.98. The molecular weight excluding hydrogens is 486 g/mol. The molecule has 0 aliphatic rings. The predicted octanol–water partition coefficient (Wildman–Crippen LogP) is 7.38. The molecule has 0 spiro atoms.